The number of nitrogens with zero attached hydrogens (tertiary/aromatic N) is 4. The molecule has 0 bridgehead atoms. The van der Waals surface area contributed by atoms with Crippen LogP contribution in [0.25, 0.3) is 17.1 Å². The molecular formula is C20H24N4O. The van der Waals surface area contributed by atoms with E-state index in [1.807, 2.05) is 29.2 Å². The number of carbonyl (C=O) groups is 1. The van der Waals surface area contributed by atoms with E-state index in [1.165, 1.54) is 25.7 Å². The minimum atomic E-state index is 0.0704. The molecule has 2 aliphatic rings. The zero-order valence-electron chi connectivity index (χ0n) is 14.5. The van der Waals surface area contributed by atoms with Gasteiger partial charge in [0.25, 0.3) is 0 Å². The zero-order chi connectivity index (χ0) is 17.1. The molecule has 130 valence electrons. The number of aromatic nitrogens is 2. The van der Waals surface area contributed by atoms with Gasteiger partial charge in [0.05, 0.1) is 22.9 Å². The molecule has 0 spiro atoms. The second-order valence-electron chi connectivity index (χ2n) is 6.92. The summed E-state index contributed by atoms with van der Waals surface area (Å²) in [5, 5.41) is 0. The van der Waals surface area contributed by atoms with E-state index in [0.717, 1.165) is 48.9 Å². The summed E-state index contributed by atoms with van der Waals surface area (Å²) in [7, 11) is 0. The van der Waals surface area contributed by atoms with Crippen molar-refractivity contribution in [3.05, 3.63) is 42.2 Å². The SMILES string of the molecule is O=C(/C=C/c1cnc2ccccc2n1)N1CCN(C2CCCC2)CC1. The van der Waals surface area contributed by atoms with Gasteiger partial charge < -0.3 is 4.90 Å². The minimum Gasteiger partial charge on any atom is -0.337 e. The van der Waals surface area contributed by atoms with Crippen LogP contribution in [-0.2, 0) is 4.79 Å². The van der Waals surface area contributed by atoms with Crippen molar-refractivity contribution in [2.45, 2.75) is 31.7 Å². The van der Waals surface area contributed by atoms with E-state index in [4.69, 9.17) is 0 Å². The summed E-state index contributed by atoms with van der Waals surface area (Å²) >= 11 is 0. The van der Waals surface area contributed by atoms with E-state index >= 15 is 0 Å². The number of piperazine rings is 1. The highest BCUT2D eigenvalue weighted by Crippen LogP contribution is 2.24. The molecule has 2 fully saturated rings. The van der Waals surface area contributed by atoms with Crippen LogP contribution in [0.4, 0.5) is 0 Å². The van der Waals surface area contributed by atoms with Crippen molar-refractivity contribution in [1.82, 2.24) is 19.8 Å². The predicted molar refractivity (Wildman–Crippen MR) is 99.0 cm³/mol. The molecule has 1 amide bonds. The number of hydrogen-bond donors (Lipinski definition) is 0. The number of carbonyl (C=O) groups excluding carboxylic acids is 1. The Kier molecular flexibility index (Phi) is 4.74. The summed E-state index contributed by atoms with van der Waals surface area (Å²) in [6, 6.07) is 8.51. The molecule has 2 aromatic rings. The van der Waals surface area contributed by atoms with Crippen LogP contribution in [0.5, 0.6) is 0 Å². The maximum atomic E-state index is 12.4. The average Bonchev–Trinajstić information content (AvgIpc) is 3.21. The van der Waals surface area contributed by atoms with Crippen LogP contribution in [0.3, 0.4) is 0 Å². The van der Waals surface area contributed by atoms with Gasteiger partial charge in [-0.15, -0.1) is 0 Å². The first-order chi connectivity index (χ1) is 12.3. The monoisotopic (exact) mass is 336 g/mol. The molecule has 0 unspecified atom stereocenters. The van der Waals surface area contributed by atoms with Gasteiger partial charge in [-0.1, -0.05) is 25.0 Å². The molecule has 1 aliphatic carbocycles. The van der Waals surface area contributed by atoms with Crippen LogP contribution in [0.15, 0.2) is 36.5 Å². The number of benzene rings is 1. The van der Waals surface area contributed by atoms with Crippen molar-refractivity contribution < 1.29 is 4.79 Å². The van der Waals surface area contributed by atoms with Gasteiger partial charge in [-0.3, -0.25) is 14.7 Å². The number of amides is 1. The third kappa shape index (κ3) is 3.71. The van der Waals surface area contributed by atoms with Gasteiger partial charge in [0.1, 0.15) is 0 Å². The first-order valence-corrected chi connectivity index (χ1v) is 9.22. The first-order valence-electron chi connectivity index (χ1n) is 9.22. The lowest BCUT2D eigenvalue weighted by Gasteiger charge is -2.37. The van der Waals surface area contributed by atoms with Gasteiger partial charge >= 0.3 is 0 Å². The largest absolute Gasteiger partial charge is 0.337 e. The van der Waals surface area contributed by atoms with Gasteiger partial charge in [0, 0.05) is 38.3 Å². The van der Waals surface area contributed by atoms with Crippen LogP contribution in [0, 0.1) is 0 Å². The maximum absolute atomic E-state index is 12.4. The van der Waals surface area contributed by atoms with Gasteiger partial charge in [-0.25, -0.2) is 4.98 Å². The first kappa shape index (κ1) is 16.2. The Morgan fingerprint density at radius 3 is 2.52 bits per heavy atom. The summed E-state index contributed by atoms with van der Waals surface area (Å²) in [5.41, 5.74) is 2.44. The van der Waals surface area contributed by atoms with Crippen LogP contribution < -0.4 is 0 Å². The van der Waals surface area contributed by atoms with E-state index in [-0.39, 0.29) is 5.91 Å². The van der Waals surface area contributed by atoms with Crippen LogP contribution in [-0.4, -0.2) is 57.9 Å². The fraction of sp³-hybridized carbons (Fsp3) is 0.450. The summed E-state index contributed by atoms with van der Waals surface area (Å²) in [5.74, 6) is 0.0704. The van der Waals surface area contributed by atoms with Crippen molar-refractivity contribution in [3.8, 4) is 0 Å². The highest BCUT2D eigenvalue weighted by molar-refractivity contribution is 5.91. The van der Waals surface area contributed by atoms with Gasteiger partial charge in [-0.05, 0) is 31.1 Å². The van der Waals surface area contributed by atoms with Crippen molar-refractivity contribution in [2.75, 3.05) is 26.2 Å². The lowest BCUT2D eigenvalue weighted by Crippen LogP contribution is -2.51. The fourth-order valence-corrected chi connectivity index (χ4v) is 3.89. The van der Waals surface area contributed by atoms with E-state index in [1.54, 1.807) is 18.3 Å². The summed E-state index contributed by atoms with van der Waals surface area (Å²) < 4.78 is 0. The molecule has 4 rings (SSSR count). The van der Waals surface area contributed by atoms with Gasteiger partial charge in [0.15, 0.2) is 0 Å². The number of hydrogen-bond acceptors (Lipinski definition) is 4. The Balaban J connectivity index is 1.35. The van der Waals surface area contributed by atoms with E-state index < -0.39 is 0 Å². The van der Waals surface area contributed by atoms with E-state index in [9.17, 15) is 4.79 Å². The molecule has 0 radical (unpaired) electrons. The number of rotatable bonds is 3. The standard InChI is InChI=1S/C20H24N4O/c25-20(24-13-11-23(12-14-24)17-5-1-2-6-17)10-9-16-15-21-18-7-3-4-8-19(18)22-16/h3-4,7-10,15,17H,1-2,5-6,11-14H2/b10-9+. The molecule has 0 atom stereocenters. The zero-order valence-corrected chi connectivity index (χ0v) is 14.5. The molecule has 1 aliphatic heterocycles. The highest BCUT2D eigenvalue weighted by atomic mass is 16.2. The molecule has 25 heavy (non-hydrogen) atoms. The topological polar surface area (TPSA) is 49.3 Å². The van der Waals surface area contributed by atoms with Crippen molar-refractivity contribution in [1.29, 1.82) is 0 Å². The third-order valence-electron chi connectivity index (χ3n) is 5.33. The fourth-order valence-electron chi connectivity index (χ4n) is 3.89. The Bertz CT molecular complexity index is 774. The molecular weight excluding hydrogens is 312 g/mol. The number of para-hydroxylation sites is 2. The van der Waals surface area contributed by atoms with Crippen LogP contribution in [0.2, 0.25) is 0 Å². The lowest BCUT2D eigenvalue weighted by molar-refractivity contribution is -0.127. The predicted octanol–water partition coefficient (Wildman–Crippen LogP) is 2.73. The molecule has 2 heterocycles. The third-order valence-corrected chi connectivity index (χ3v) is 5.33. The average molecular weight is 336 g/mol. The van der Waals surface area contributed by atoms with Crippen molar-refractivity contribution in [2.24, 2.45) is 0 Å². The van der Waals surface area contributed by atoms with Crippen molar-refractivity contribution in [3.63, 3.8) is 0 Å². The molecule has 0 N–H and O–H groups in total. The lowest BCUT2D eigenvalue weighted by atomic mass is 10.2. The molecule has 1 saturated heterocycles. The van der Waals surface area contributed by atoms with Crippen LogP contribution in [0.1, 0.15) is 31.4 Å². The quantitative estimate of drug-likeness (QED) is 0.809. The Morgan fingerprint density at radius 2 is 1.76 bits per heavy atom. The minimum absolute atomic E-state index is 0.0704. The Labute approximate surface area is 148 Å². The van der Waals surface area contributed by atoms with Crippen LogP contribution >= 0.6 is 0 Å². The second kappa shape index (κ2) is 7.31. The summed E-state index contributed by atoms with van der Waals surface area (Å²) in [4.78, 5) is 25.8. The molecule has 5 heteroatoms. The highest BCUT2D eigenvalue weighted by Gasteiger charge is 2.27. The maximum Gasteiger partial charge on any atom is 0.246 e. The van der Waals surface area contributed by atoms with Crippen molar-refractivity contribution >= 4 is 23.0 Å². The van der Waals surface area contributed by atoms with E-state index in [0.29, 0.717) is 0 Å². The number of fused-ring (bicyclic) bond motifs is 1. The molecule has 1 aromatic heterocycles. The van der Waals surface area contributed by atoms with Gasteiger partial charge in [-0.2, -0.15) is 0 Å². The smallest absolute Gasteiger partial charge is 0.246 e. The summed E-state index contributed by atoms with van der Waals surface area (Å²) in [6.45, 7) is 3.65. The Hall–Kier alpha value is -2.27. The van der Waals surface area contributed by atoms with E-state index in [2.05, 4.69) is 14.9 Å². The normalized spacial score (nSPS) is 19.9. The Morgan fingerprint density at radius 1 is 1.04 bits per heavy atom. The van der Waals surface area contributed by atoms with Gasteiger partial charge in [0.2, 0.25) is 5.91 Å². The summed E-state index contributed by atoms with van der Waals surface area (Å²) in [6.07, 6.45) is 10.5. The second-order valence-corrected chi connectivity index (χ2v) is 6.92. The molecule has 1 saturated carbocycles. The molecule has 1 aromatic carbocycles. The molecule has 5 nitrogen and oxygen atoms in total.